The van der Waals surface area contributed by atoms with Crippen molar-refractivity contribution in [1.29, 1.82) is 0 Å². The second-order valence-electron chi connectivity index (χ2n) is 2.83. The predicted molar refractivity (Wildman–Crippen MR) is 51.7 cm³/mol. The van der Waals surface area contributed by atoms with E-state index in [0.717, 1.165) is 22.6 Å². The summed E-state index contributed by atoms with van der Waals surface area (Å²) in [5.41, 5.74) is 0. The minimum Gasteiger partial charge on any atom is -0.195 e. The second-order valence-corrected chi connectivity index (χ2v) is 11.4. The van der Waals surface area contributed by atoms with Crippen LogP contribution in [0.2, 0.25) is 19.1 Å². The van der Waals surface area contributed by atoms with Crippen LogP contribution in [-0.2, 0) is 0 Å². The van der Waals surface area contributed by atoms with E-state index in [9.17, 15) is 8.78 Å². The number of hydrogen-bond donors (Lipinski definition) is 0. The van der Waals surface area contributed by atoms with Crippen molar-refractivity contribution >= 4 is 41.1 Å². The molecule has 0 saturated heterocycles. The SMILES string of the molecule is C[Si](C)(Cl)CCC(F)(F)I. The molecule has 0 radical (unpaired) electrons. The molecule has 0 aliphatic rings. The van der Waals surface area contributed by atoms with Gasteiger partial charge < -0.3 is 0 Å². The van der Waals surface area contributed by atoms with Crippen LogP contribution in [0, 0.1) is 0 Å². The first kappa shape index (κ1) is 11.1. The lowest BCUT2D eigenvalue weighted by Gasteiger charge is -2.14. The zero-order valence-electron chi connectivity index (χ0n) is 5.93. The van der Waals surface area contributed by atoms with E-state index < -0.39 is 11.3 Å². The van der Waals surface area contributed by atoms with Crippen LogP contribution in [0.3, 0.4) is 0 Å². The number of alkyl halides is 3. The van der Waals surface area contributed by atoms with Crippen LogP contribution in [0.1, 0.15) is 6.42 Å². The Morgan fingerprint density at radius 1 is 1.50 bits per heavy atom. The Hall–Kier alpha value is 1.10. The Labute approximate surface area is 79.2 Å². The lowest BCUT2D eigenvalue weighted by Crippen LogP contribution is -2.19. The molecule has 0 rings (SSSR count). The molecule has 0 aromatic carbocycles. The summed E-state index contributed by atoms with van der Waals surface area (Å²) in [6.07, 6.45) is -0.0870. The van der Waals surface area contributed by atoms with Crippen LogP contribution < -0.4 is 0 Å². The van der Waals surface area contributed by atoms with Gasteiger partial charge in [-0.2, -0.15) is 19.9 Å². The minimum absolute atomic E-state index is 0.0870. The molecule has 0 atom stereocenters. The third-order valence-electron chi connectivity index (χ3n) is 1.00. The van der Waals surface area contributed by atoms with Gasteiger partial charge in [0.2, 0.25) is 0 Å². The van der Waals surface area contributed by atoms with Gasteiger partial charge in [0.25, 0.3) is 3.93 Å². The highest BCUT2D eigenvalue weighted by Gasteiger charge is 2.28. The van der Waals surface area contributed by atoms with E-state index >= 15 is 0 Å². The molecule has 0 bridgehead atoms. The van der Waals surface area contributed by atoms with Crippen LogP contribution in [0.15, 0.2) is 0 Å². The smallest absolute Gasteiger partial charge is 0.195 e. The summed E-state index contributed by atoms with van der Waals surface area (Å²) in [6.45, 7) is 3.74. The molecule has 5 heteroatoms. The summed E-state index contributed by atoms with van der Waals surface area (Å²) in [4.78, 5) is 0. The summed E-state index contributed by atoms with van der Waals surface area (Å²) in [7, 11) is -1.78. The average molecular weight is 299 g/mol. The number of hydrogen-bond acceptors (Lipinski definition) is 0. The van der Waals surface area contributed by atoms with E-state index in [4.69, 9.17) is 11.1 Å². The molecule has 0 nitrogen and oxygen atoms in total. The summed E-state index contributed by atoms with van der Waals surface area (Å²) < 4.78 is 21.8. The maximum atomic E-state index is 12.2. The molecule has 0 aromatic rings. The number of rotatable bonds is 3. The molecule has 0 unspecified atom stereocenters. The summed E-state index contributed by atoms with van der Waals surface area (Å²) in [5, 5.41) is 0. The lowest BCUT2D eigenvalue weighted by atomic mass is 10.5. The van der Waals surface area contributed by atoms with Gasteiger partial charge in [0.1, 0.15) is 0 Å². The highest BCUT2D eigenvalue weighted by atomic mass is 127. The van der Waals surface area contributed by atoms with Crippen LogP contribution >= 0.6 is 33.7 Å². The molecular formula is C5H10ClF2ISi. The van der Waals surface area contributed by atoms with E-state index in [1.807, 2.05) is 13.1 Å². The molecule has 0 aliphatic carbocycles. The van der Waals surface area contributed by atoms with Crippen molar-refractivity contribution in [2.24, 2.45) is 0 Å². The third-order valence-corrected chi connectivity index (χ3v) is 3.55. The lowest BCUT2D eigenvalue weighted by molar-refractivity contribution is 0.122. The maximum absolute atomic E-state index is 12.2. The molecule has 0 N–H and O–H groups in total. The maximum Gasteiger partial charge on any atom is 0.296 e. The van der Waals surface area contributed by atoms with Crippen LogP contribution in [0.5, 0.6) is 0 Å². The Morgan fingerprint density at radius 2 is 1.90 bits per heavy atom. The zero-order valence-corrected chi connectivity index (χ0v) is 9.84. The van der Waals surface area contributed by atoms with E-state index in [1.165, 1.54) is 0 Å². The zero-order chi connectivity index (χ0) is 8.41. The highest BCUT2D eigenvalue weighted by molar-refractivity contribution is 14.1. The molecule has 0 aliphatic heterocycles. The molecular weight excluding hydrogens is 288 g/mol. The van der Waals surface area contributed by atoms with Gasteiger partial charge in [0, 0.05) is 6.42 Å². The van der Waals surface area contributed by atoms with Crippen molar-refractivity contribution in [3.8, 4) is 0 Å². The van der Waals surface area contributed by atoms with Crippen LogP contribution in [-0.4, -0.2) is 11.3 Å². The normalized spacial score (nSPS) is 13.8. The van der Waals surface area contributed by atoms with Crippen molar-refractivity contribution < 1.29 is 8.78 Å². The van der Waals surface area contributed by atoms with E-state index in [1.54, 1.807) is 0 Å². The van der Waals surface area contributed by atoms with Gasteiger partial charge in [0.15, 0.2) is 7.38 Å². The summed E-state index contributed by atoms with van der Waals surface area (Å²) in [6, 6.07) is 0.477. The molecule has 62 valence electrons. The Bertz CT molecular complexity index is 93.2. The quantitative estimate of drug-likeness (QED) is 0.321. The van der Waals surface area contributed by atoms with Gasteiger partial charge in [-0.25, -0.2) is 0 Å². The Kier molecular flexibility index (Phi) is 4.07. The van der Waals surface area contributed by atoms with Crippen LogP contribution in [0.25, 0.3) is 0 Å². The number of halogens is 4. The molecule has 0 spiro atoms. The molecule has 0 saturated carbocycles. The van der Waals surface area contributed by atoms with Crippen molar-refractivity contribution in [1.82, 2.24) is 0 Å². The topological polar surface area (TPSA) is 0 Å². The van der Waals surface area contributed by atoms with E-state index in [-0.39, 0.29) is 6.42 Å². The van der Waals surface area contributed by atoms with Crippen molar-refractivity contribution in [3.05, 3.63) is 0 Å². The standard InChI is InChI=1S/C5H10ClF2ISi/c1-10(2,6)4-3-5(7,8)9/h3-4H2,1-2H3. The first-order chi connectivity index (χ1) is 4.21. The van der Waals surface area contributed by atoms with Gasteiger partial charge in [-0.3, -0.25) is 0 Å². The summed E-state index contributed by atoms with van der Waals surface area (Å²) in [5.74, 6) is 0. The van der Waals surface area contributed by atoms with E-state index in [2.05, 4.69) is 0 Å². The van der Waals surface area contributed by atoms with Gasteiger partial charge in [0.05, 0.1) is 0 Å². The van der Waals surface area contributed by atoms with Gasteiger partial charge in [-0.15, -0.1) is 0 Å². The van der Waals surface area contributed by atoms with Gasteiger partial charge in [-0.05, 0) is 28.6 Å². The van der Waals surface area contributed by atoms with Gasteiger partial charge in [-0.1, -0.05) is 13.1 Å². The fraction of sp³-hybridized carbons (Fsp3) is 1.00. The summed E-state index contributed by atoms with van der Waals surface area (Å²) >= 11 is 6.99. The third kappa shape index (κ3) is 9.10. The molecule has 0 aromatic heterocycles. The van der Waals surface area contributed by atoms with Crippen molar-refractivity contribution in [3.63, 3.8) is 0 Å². The predicted octanol–water partition coefficient (Wildman–Crippen LogP) is 3.85. The van der Waals surface area contributed by atoms with Gasteiger partial charge >= 0.3 is 0 Å². The first-order valence-electron chi connectivity index (χ1n) is 2.96. The second kappa shape index (κ2) is 3.67. The van der Waals surface area contributed by atoms with Crippen molar-refractivity contribution in [2.45, 2.75) is 29.5 Å². The Morgan fingerprint density at radius 3 is 2.00 bits per heavy atom. The van der Waals surface area contributed by atoms with Crippen molar-refractivity contribution in [2.75, 3.05) is 0 Å². The monoisotopic (exact) mass is 298 g/mol. The minimum atomic E-state index is -2.57. The largest absolute Gasteiger partial charge is 0.296 e. The van der Waals surface area contributed by atoms with Crippen LogP contribution in [0.4, 0.5) is 8.78 Å². The Balaban J connectivity index is 3.56. The molecule has 0 heterocycles. The first-order valence-corrected chi connectivity index (χ1v) is 8.26. The molecule has 10 heavy (non-hydrogen) atoms. The molecule has 0 amide bonds. The average Bonchev–Trinajstić information content (AvgIpc) is 1.57. The fourth-order valence-electron chi connectivity index (χ4n) is 0.439. The fourth-order valence-corrected chi connectivity index (χ4v) is 2.41. The van der Waals surface area contributed by atoms with E-state index in [0.29, 0.717) is 6.04 Å². The molecule has 0 fully saturated rings. The highest BCUT2D eigenvalue weighted by Crippen LogP contribution is 2.31.